The van der Waals surface area contributed by atoms with E-state index in [1.807, 2.05) is 0 Å². The number of hydrogen-bond donors (Lipinski definition) is 0. The van der Waals surface area contributed by atoms with Gasteiger partial charge in [0.2, 0.25) is 0 Å². The average Bonchev–Trinajstić information content (AvgIpc) is 2.41. The molecule has 0 atom stereocenters. The third-order valence-electron chi connectivity index (χ3n) is 2.93. The Morgan fingerprint density at radius 2 is 1.85 bits per heavy atom. The maximum Gasteiger partial charge on any atom is 0.417 e. The molecule has 0 bridgehead atoms. The van der Waals surface area contributed by atoms with Crippen LogP contribution in [-0.2, 0) is 6.18 Å². The van der Waals surface area contributed by atoms with Gasteiger partial charge >= 0.3 is 6.18 Å². The van der Waals surface area contributed by atoms with Gasteiger partial charge in [0.05, 0.1) is 23.8 Å². The Bertz CT molecular complexity index is 463. The molecule has 0 unspecified atom stereocenters. The van der Waals surface area contributed by atoms with E-state index in [-0.39, 0.29) is 0 Å². The van der Waals surface area contributed by atoms with Crippen molar-refractivity contribution in [2.45, 2.75) is 45.2 Å². The van der Waals surface area contributed by atoms with Crippen molar-refractivity contribution in [1.82, 2.24) is 0 Å². The van der Waals surface area contributed by atoms with E-state index < -0.39 is 17.3 Å². The third kappa shape index (κ3) is 5.12. The molecule has 1 aromatic carbocycles. The number of hydrogen-bond acceptors (Lipinski definition) is 2. The summed E-state index contributed by atoms with van der Waals surface area (Å²) in [6, 6.07) is 4.86. The van der Waals surface area contributed by atoms with Gasteiger partial charge in [0.25, 0.3) is 0 Å². The van der Waals surface area contributed by atoms with Crippen LogP contribution in [0.2, 0.25) is 0 Å². The highest BCUT2D eigenvalue weighted by Crippen LogP contribution is 2.33. The highest BCUT2D eigenvalue weighted by atomic mass is 19.4. The number of ether oxygens (including phenoxy) is 1. The number of benzene rings is 1. The van der Waals surface area contributed by atoms with Crippen molar-refractivity contribution in [1.29, 1.82) is 5.26 Å². The molecule has 0 aliphatic heterocycles. The van der Waals surface area contributed by atoms with Gasteiger partial charge in [0.1, 0.15) is 5.75 Å². The minimum atomic E-state index is -4.51. The minimum absolute atomic E-state index is 0.310. The van der Waals surface area contributed by atoms with Crippen LogP contribution in [0.15, 0.2) is 18.2 Å². The third-order valence-corrected chi connectivity index (χ3v) is 2.93. The molecule has 0 fully saturated rings. The molecule has 0 aromatic heterocycles. The van der Waals surface area contributed by atoms with E-state index >= 15 is 0 Å². The van der Waals surface area contributed by atoms with Gasteiger partial charge in [0.15, 0.2) is 0 Å². The summed E-state index contributed by atoms with van der Waals surface area (Å²) in [6.07, 6.45) is 0.868. The van der Waals surface area contributed by atoms with Crippen molar-refractivity contribution in [2.24, 2.45) is 0 Å². The summed E-state index contributed by atoms with van der Waals surface area (Å²) in [5, 5.41) is 8.77. The molecular formula is C15H18F3NO. The van der Waals surface area contributed by atoms with Gasteiger partial charge in [-0.3, -0.25) is 0 Å². The molecule has 0 saturated heterocycles. The summed E-state index contributed by atoms with van der Waals surface area (Å²) < 4.78 is 43.2. The summed E-state index contributed by atoms with van der Waals surface area (Å²) in [5.74, 6) is 0.310. The Kier molecular flexibility index (Phi) is 6.37. The lowest BCUT2D eigenvalue weighted by molar-refractivity contribution is -0.137. The normalized spacial score (nSPS) is 11.2. The zero-order valence-electron chi connectivity index (χ0n) is 11.5. The molecule has 5 heteroatoms. The molecular weight excluding hydrogens is 267 g/mol. The molecule has 2 nitrogen and oxygen atoms in total. The molecule has 0 radical (unpaired) electrons. The van der Waals surface area contributed by atoms with Crippen LogP contribution in [-0.4, -0.2) is 6.61 Å². The van der Waals surface area contributed by atoms with Gasteiger partial charge in [0, 0.05) is 0 Å². The van der Waals surface area contributed by atoms with Gasteiger partial charge in [-0.1, -0.05) is 32.6 Å². The number of rotatable bonds is 7. The quantitative estimate of drug-likeness (QED) is 0.666. The number of halogens is 3. The van der Waals surface area contributed by atoms with Gasteiger partial charge in [-0.25, -0.2) is 0 Å². The summed E-state index contributed by atoms with van der Waals surface area (Å²) in [7, 11) is 0. The van der Waals surface area contributed by atoms with Gasteiger partial charge < -0.3 is 4.74 Å². The van der Waals surface area contributed by atoms with Crippen LogP contribution in [0.1, 0.15) is 50.2 Å². The number of nitrogens with zero attached hydrogens (tertiary/aromatic N) is 1. The smallest absolute Gasteiger partial charge is 0.417 e. The SMILES string of the molecule is CCCCCCCOc1ccc(C(F)(F)F)c(C#N)c1. The van der Waals surface area contributed by atoms with Gasteiger partial charge in [-0.05, 0) is 24.6 Å². The molecule has 110 valence electrons. The fourth-order valence-corrected chi connectivity index (χ4v) is 1.85. The van der Waals surface area contributed by atoms with Crippen LogP contribution < -0.4 is 4.74 Å². The van der Waals surface area contributed by atoms with Crippen LogP contribution >= 0.6 is 0 Å². The first-order chi connectivity index (χ1) is 9.49. The molecule has 1 aromatic rings. The van der Waals surface area contributed by atoms with Gasteiger partial charge in [-0.2, -0.15) is 18.4 Å². The predicted octanol–water partition coefficient (Wildman–Crippen LogP) is 4.93. The van der Waals surface area contributed by atoms with Crippen LogP contribution in [0.25, 0.3) is 0 Å². The van der Waals surface area contributed by atoms with Crippen molar-refractivity contribution in [2.75, 3.05) is 6.61 Å². The highest BCUT2D eigenvalue weighted by Gasteiger charge is 2.33. The Morgan fingerprint density at radius 3 is 2.45 bits per heavy atom. The van der Waals surface area contributed by atoms with Crippen molar-refractivity contribution in [3.8, 4) is 11.8 Å². The van der Waals surface area contributed by atoms with Crippen molar-refractivity contribution >= 4 is 0 Å². The standard InChI is InChI=1S/C15H18F3NO/c1-2-3-4-5-6-9-20-13-7-8-14(15(16,17)18)12(10-13)11-19/h7-8,10H,2-6,9H2,1H3. The highest BCUT2D eigenvalue weighted by molar-refractivity contribution is 5.44. The number of alkyl halides is 3. The van der Waals surface area contributed by atoms with Crippen LogP contribution in [0.3, 0.4) is 0 Å². The van der Waals surface area contributed by atoms with E-state index in [2.05, 4.69) is 6.92 Å². The van der Waals surface area contributed by atoms with E-state index in [1.165, 1.54) is 12.5 Å². The predicted molar refractivity (Wildman–Crippen MR) is 70.4 cm³/mol. The van der Waals surface area contributed by atoms with E-state index in [0.717, 1.165) is 37.8 Å². The largest absolute Gasteiger partial charge is 0.494 e. The lowest BCUT2D eigenvalue weighted by Crippen LogP contribution is -2.08. The average molecular weight is 285 g/mol. The Hall–Kier alpha value is -1.70. The second kappa shape index (κ2) is 7.78. The molecule has 0 aliphatic rings. The molecule has 1 rings (SSSR count). The number of nitriles is 1. The van der Waals surface area contributed by atoms with Crippen molar-refractivity contribution < 1.29 is 17.9 Å². The van der Waals surface area contributed by atoms with E-state index in [4.69, 9.17) is 10.00 Å². The van der Waals surface area contributed by atoms with E-state index in [1.54, 1.807) is 6.07 Å². The zero-order chi connectivity index (χ0) is 15.0. The summed E-state index contributed by atoms with van der Waals surface area (Å²) >= 11 is 0. The maximum absolute atomic E-state index is 12.6. The fourth-order valence-electron chi connectivity index (χ4n) is 1.85. The Balaban J connectivity index is 2.55. The Morgan fingerprint density at radius 1 is 1.15 bits per heavy atom. The van der Waals surface area contributed by atoms with Crippen LogP contribution in [0, 0.1) is 11.3 Å². The first-order valence-corrected chi connectivity index (χ1v) is 6.73. The molecule has 20 heavy (non-hydrogen) atoms. The van der Waals surface area contributed by atoms with E-state index in [0.29, 0.717) is 12.4 Å². The second-order valence-corrected chi connectivity index (χ2v) is 4.58. The lowest BCUT2D eigenvalue weighted by atomic mass is 10.1. The molecule has 0 aliphatic carbocycles. The van der Waals surface area contributed by atoms with Crippen molar-refractivity contribution in [3.63, 3.8) is 0 Å². The summed E-state index contributed by atoms with van der Waals surface area (Å²) in [5.41, 5.74) is -1.32. The van der Waals surface area contributed by atoms with Crippen LogP contribution in [0.5, 0.6) is 5.75 Å². The summed E-state index contributed by atoms with van der Waals surface area (Å²) in [4.78, 5) is 0. The Labute approximate surface area is 117 Å². The van der Waals surface area contributed by atoms with Gasteiger partial charge in [-0.15, -0.1) is 0 Å². The van der Waals surface area contributed by atoms with E-state index in [9.17, 15) is 13.2 Å². The molecule has 0 heterocycles. The monoisotopic (exact) mass is 285 g/mol. The first kappa shape index (κ1) is 16.4. The molecule has 0 spiro atoms. The van der Waals surface area contributed by atoms with Crippen molar-refractivity contribution in [3.05, 3.63) is 29.3 Å². The summed E-state index contributed by atoms with van der Waals surface area (Å²) in [6.45, 7) is 2.59. The lowest BCUT2D eigenvalue weighted by Gasteiger charge is -2.11. The fraction of sp³-hybridized carbons (Fsp3) is 0.533. The molecule has 0 N–H and O–H groups in total. The second-order valence-electron chi connectivity index (χ2n) is 4.58. The maximum atomic E-state index is 12.6. The topological polar surface area (TPSA) is 33.0 Å². The first-order valence-electron chi connectivity index (χ1n) is 6.73. The molecule has 0 amide bonds. The number of unbranched alkanes of at least 4 members (excludes halogenated alkanes) is 4. The zero-order valence-corrected chi connectivity index (χ0v) is 11.5. The molecule has 0 saturated carbocycles. The van der Waals surface area contributed by atoms with Crippen LogP contribution in [0.4, 0.5) is 13.2 Å². The minimum Gasteiger partial charge on any atom is -0.494 e.